The summed E-state index contributed by atoms with van der Waals surface area (Å²) >= 11 is 5.92. The van der Waals surface area contributed by atoms with Gasteiger partial charge in [0.15, 0.2) is 0 Å². The number of nitrogens with zero attached hydrogens (tertiary/aromatic N) is 1. The fraction of sp³-hybridized carbons (Fsp3) is 0.929. The average Bonchev–Trinajstić information content (AvgIpc) is 2.38. The molecule has 0 saturated carbocycles. The summed E-state index contributed by atoms with van der Waals surface area (Å²) in [6.45, 7) is 7.87. The Kier molecular flexibility index (Phi) is 8.29. The average molecular weight is 667 g/mol. The molecule has 0 aromatic heterocycles. The number of alkyl halides is 3. The Bertz CT molecular complexity index is 407. The molecule has 1 heterocycles. The maximum absolute atomic E-state index is 11.7. The molecule has 1 rings (SSSR count). The molecule has 2 N–H and O–H groups in total. The smallest absolute Gasteiger partial charge is 0.342 e. The Balaban J connectivity index is 2.44. The number of carbonyl (C=O) groups excluding carboxylic acids is 1. The van der Waals surface area contributed by atoms with Crippen LogP contribution in [0.15, 0.2) is 0 Å². The van der Waals surface area contributed by atoms with E-state index < -0.39 is 16.6 Å². The summed E-state index contributed by atoms with van der Waals surface area (Å²) < 4.78 is 10.2. The van der Waals surface area contributed by atoms with E-state index >= 15 is 0 Å². The fourth-order valence-electron chi connectivity index (χ4n) is 2.85. The van der Waals surface area contributed by atoms with E-state index in [1.165, 1.54) is 5.06 Å². The van der Waals surface area contributed by atoms with Crippen LogP contribution in [0, 0.1) is 0 Å². The second kappa shape index (κ2) is 8.46. The van der Waals surface area contributed by atoms with E-state index in [0.29, 0.717) is 12.8 Å². The summed E-state index contributed by atoms with van der Waals surface area (Å²) in [7, 11) is 0. The molecule has 1 atom stereocenters. The van der Waals surface area contributed by atoms with Crippen LogP contribution >= 0.6 is 67.8 Å². The molecule has 0 aliphatic carbocycles. The Labute approximate surface area is 178 Å². The van der Waals surface area contributed by atoms with Crippen molar-refractivity contribution in [2.24, 2.45) is 0 Å². The molecule has 136 valence electrons. The number of halogens is 3. The number of ether oxygens (including phenoxy) is 2. The molecule has 6 nitrogen and oxygen atoms in total. The maximum Gasteiger partial charge on any atom is 0.342 e. The van der Waals surface area contributed by atoms with E-state index in [9.17, 15) is 15.1 Å². The van der Waals surface area contributed by atoms with Crippen LogP contribution in [-0.4, -0.2) is 57.3 Å². The number of piperidine rings is 1. The highest BCUT2D eigenvalue weighted by molar-refractivity contribution is 14.3. The van der Waals surface area contributed by atoms with Crippen LogP contribution in [0.4, 0.5) is 0 Å². The number of aliphatic hydroxyl groups is 1. The summed E-state index contributed by atoms with van der Waals surface area (Å²) in [5, 5.41) is 21.6. The first-order valence-corrected chi connectivity index (χ1v) is 10.5. The van der Waals surface area contributed by atoms with Crippen LogP contribution in [0.3, 0.4) is 0 Å². The van der Waals surface area contributed by atoms with Gasteiger partial charge in [0.1, 0.15) is 12.7 Å². The molecule has 23 heavy (non-hydrogen) atoms. The van der Waals surface area contributed by atoms with Gasteiger partial charge in [-0.05, 0) is 108 Å². The molecule has 1 saturated heterocycles. The van der Waals surface area contributed by atoms with Gasteiger partial charge in [-0.1, -0.05) is 0 Å². The highest BCUT2D eigenvalue weighted by atomic mass is 127. The zero-order chi connectivity index (χ0) is 18.1. The molecule has 0 amide bonds. The van der Waals surface area contributed by atoms with Crippen LogP contribution in [0.25, 0.3) is 0 Å². The molecule has 0 spiro atoms. The van der Waals surface area contributed by atoms with E-state index in [2.05, 4.69) is 0 Å². The lowest BCUT2D eigenvalue weighted by molar-refractivity contribution is -0.262. The second-order valence-electron chi connectivity index (χ2n) is 7.05. The van der Waals surface area contributed by atoms with Gasteiger partial charge >= 0.3 is 5.97 Å². The van der Waals surface area contributed by atoms with Crippen molar-refractivity contribution in [3.63, 3.8) is 0 Å². The number of aliphatic hydroxyl groups excluding tert-OH is 1. The van der Waals surface area contributed by atoms with Gasteiger partial charge in [0.05, 0.1) is 12.7 Å². The normalized spacial score (nSPS) is 23.5. The van der Waals surface area contributed by atoms with Gasteiger partial charge in [0.25, 0.3) is 0 Å². The Morgan fingerprint density at radius 1 is 1.22 bits per heavy atom. The van der Waals surface area contributed by atoms with Crippen LogP contribution < -0.4 is 0 Å². The maximum atomic E-state index is 11.7. The third kappa shape index (κ3) is 6.96. The summed E-state index contributed by atoms with van der Waals surface area (Å²) in [6, 6.07) is 0. The number of hydrogen-bond donors (Lipinski definition) is 2. The van der Waals surface area contributed by atoms with Crippen LogP contribution in [0.2, 0.25) is 0 Å². The minimum absolute atomic E-state index is 0.0634. The predicted molar refractivity (Wildman–Crippen MR) is 113 cm³/mol. The SMILES string of the molecule is CC1(C)CC(OCC(O)COC(=O)C(I)(I)I)CC(C)(C)N1O. The lowest BCUT2D eigenvalue weighted by Crippen LogP contribution is -2.60. The van der Waals surface area contributed by atoms with Crippen LogP contribution in [0.1, 0.15) is 40.5 Å². The predicted octanol–water partition coefficient (Wildman–Crippen LogP) is 3.28. The molecule has 0 aromatic carbocycles. The van der Waals surface area contributed by atoms with Gasteiger partial charge in [-0.15, -0.1) is 0 Å². The molecule has 1 unspecified atom stereocenters. The van der Waals surface area contributed by atoms with E-state index in [1.807, 2.05) is 95.5 Å². The van der Waals surface area contributed by atoms with E-state index in [4.69, 9.17) is 9.47 Å². The summed E-state index contributed by atoms with van der Waals surface area (Å²) in [4.78, 5) is 11.7. The van der Waals surface area contributed by atoms with Crippen molar-refractivity contribution >= 4 is 73.7 Å². The van der Waals surface area contributed by atoms with E-state index in [-0.39, 0.29) is 25.3 Å². The quantitative estimate of drug-likeness (QED) is 0.258. The first-order valence-electron chi connectivity index (χ1n) is 7.28. The van der Waals surface area contributed by atoms with Gasteiger partial charge in [-0.25, -0.2) is 4.79 Å². The first-order chi connectivity index (χ1) is 10.3. The fourth-order valence-corrected chi connectivity index (χ4v) is 3.31. The molecule has 1 aliphatic rings. The van der Waals surface area contributed by atoms with Crippen molar-refractivity contribution in [3.05, 3.63) is 0 Å². The molecule has 1 fully saturated rings. The van der Waals surface area contributed by atoms with Gasteiger partial charge in [-0.2, -0.15) is 5.06 Å². The molecule has 9 heteroatoms. The van der Waals surface area contributed by atoms with Crippen molar-refractivity contribution < 1.29 is 24.6 Å². The van der Waals surface area contributed by atoms with Crippen molar-refractivity contribution in [2.45, 2.75) is 63.3 Å². The summed E-state index contributed by atoms with van der Waals surface area (Å²) in [5.41, 5.74) is -0.792. The van der Waals surface area contributed by atoms with Crippen molar-refractivity contribution in [3.8, 4) is 0 Å². The number of hydrogen-bond acceptors (Lipinski definition) is 6. The standard InChI is InChI=1S/C14H24I3NO5/c1-12(2)5-10(6-13(3,4)18(12)21)22-7-9(19)8-23-11(20)14(15,16)17/h9-10,19,21H,5-8H2,1-4H3. The molecule has 0 radical (unpaired) electrons. The van der Waals surface area contributed by atoms with Crippen LogP contribution in [0.5, 0.6) is 0 Å². The Morgan fingerprint density at radius 3 is 2.13 bits per heavy atom. The Hall–Kier alpha value is 1.50. The van der Waals surface area contributed by atoms with Gasteiger partial charge < -0.3 is 19.8 Å². The number of hydroxylamine groups is 2. The monoisotopic (exact) mass is 667 g/mol. The van der Waals surface area contributed by atoms with Crippen molar-refractivity contribution in [1.29, 1.82) is 0 Å². The zero-order valence-electron chi connectivity index (χ0n) is 13.7. The summed E-state index contributed by atoms with van der Waals surface area (Å²) in [5.74, 6) is -0.380. The van der Waals surface area contributed by atoms with E-state index in [0.717, 1.165) is 0 Å². The molecular weight excluding hydrogens is 643 g/mol. The van der Waals surface area contributed by atoms with Gasteiger partial charge in [-0.3, -0.25) is 0 Å². The Morgan fingerprint density at radius 2 is 1.70 bits per heavy atom. The van der Waals surface area contributed by atoms with Gasteiger partial charge in [0.2, 0.25) is -0.565 Å². The summed E-state index contributed by atoms with van der Waals surface area (Å²) in [6.07, 6.45) is 0.408. The molecular formula is C14H24I3NO5. The molecule has 0 bridgehead atoms. The topological polar surface area (TPSA) is 79.2 Å². The second-order valence-corrected chi connectivity index (χ2v) is 18.1. The molecule has 1 aliphatic heterocycles. The van der Waals surface area contributed by atoms with Crippen molar-refractivity contribution in [1.82, 2.24) is 5.06 Å². The lowest BCUT2D eigenvalue weighted by atomic mass is 9.80. The number of carbonyl (C=O) groups is 1. The third-order valence-corrected chi connectivity index (χ3v) is 5.08. The van der Waals surface area contributed by atoms with E-state index in [1.54, 1.807) is 0 Å². The van der Waals surface area contributed by atoms with Crippen LogP contribution in [-0.2, 0) is 14.3 Å². The first kappa shape index (κ1) is 22.5. The minimum atomic E-state index is -0.858. The highest BCUT2D eigenvalue weighted by Gasteiger charge is 2.45. The number of esters is 1. The lowest BCUT2D eigenvalue weighted by Gasteiger charge is -2.51. The minimum Gasteiger partial charge on any atom is -0.461 e. The van der Waals surface area contributed by atoms with Crippen molar-refractivity contribution in [2.75, 3.05) is 13.2 Å². The number of rotatable bonds is 6. The zero-order valence-corrected chi connectivity index (χ0v) is 20.2. The largest absolute Gasteiger partial charge is 0.461 e. The van der Waals surface area contributed by atoms with Gasteiger partial charge in [0, 0.05) is 11.1 Å². The highest BCUT2D eigenvalue weighted by Crippen LogP contribution is 2.38. The molecule has 0 aromatic rings. The third-order valence-electron chi connectivity index (χ3n) is 3.76.